The van der Waals surface area contributed by atoms with Gasteiger partial charge < -0.3 is 4.74 Å². The van der Waals surface area contributed by atoms with E-state index in [0.717, 1.165) is 48.0 Å². The van der Waals surface area contributed by atoms with E-state index in [2.05, 4.69) is 12.2 Å². The van der Waals surface area contributed by atoms with Gasteiger partial charge in [0.05, 0.1) is 6.10 Å². The standard InChI is InChI=1S/C20H30O/c1(2-5-17-6-3-9-21-17)4-13-10-16-12-18(13)20-15-8-7-14(11-15)19(16)20/h7-8,13-20H,1-6,9-12H2. The zero-order chi connectivity index (χ0) is 13.8. The lowest BCUT2D eigenvalue weighted by Crippen LogP contribution is -2.30. The van der Waals surface area contributed by atoms with Gasteiger partial charge in [-0.25, -0.2) is 0 Å². The Balaban J connectivity index is 1.13. The molecule has 1 heteroatoms. The van der Waals surface area contributed by atoms with Crippen LogP contribution in [0, 0.1) is 41.4 Å². The van der Waals surface area contributed by atoms with Crippen molar-refractivity contribution < 1.29 is 4.74 Å². The summed E-state index contributed by atoms with van der Waals surface area (Å²) in [5.74, 6) is 7.54. The maximum absolute atomic E-state index is 5.76. The van der Waals surface area contributed by atoms with Gasteiger partial charge in [0.15, 0.2) is 0 Å². The minimum absolute atomic E-state index is 0.616. The number of unbranched alkanes of at least 4 members (excludes halogenated alkanes) is 1. The molecule has 0 N–H and O–H groups in total. The first kappa shape index (κ1) is 13.2. The molecule has 1 aliphatic heterocycles. The molecule has 0 aromatic rings. The van der Waals surface area contributed by atoms with Gasteiger partial charge in [0, 0.05) is 6.61 Å². The minimum Gasteiger partial charge on any atom is -0.378 e. The second-order valence-corrected chi connectivity index (χ2v) is 8.68. The summed E-state index contributed by atoms with van der Waals surface area (Å²) in [6.07, 6.45) is 18.8. The molecule has 4 aliphatic carbocycles. The fraction of sp³-hybridized carbons (Fsp3) is 0.900. The van der Waals surface area contributed by atoms with Crippen molar-refractivity contribution in [1.82, 2.24) is 0 Å². The molecule has 8 atom stereocenters. The molecule has 4 bridgehead atoms. The molecular weight excluding hydrogens is 256 g/mol. The van der Waals surface area contributed by atoms with Crippen LogP contribution < -0.4 is 0 Å². The summed E-state index contributed by atoms with van der Waals surface area (Å²) in [6.45, 7) is 1.02. The van der Waals surface area contributed by atoms with Crippen LogP contribution in [-0.2, 0) is 4.74 Å². The molecule has 1 heterocycles. The van der Waals surface area contributed by atoms with E-state index in [1.807, 2.05) is 0 Å². The second-order valence-electron chi connectivity index (χ2n) is 8.68. The average molecular weight is 286 g/mol. The van der Waals surface area contributed by atoms with E-state index in [0.29, 0.717) is 6.10 Å². The van der Waals surface area contributed by atoms with E-state index in [1.165, 1.54) is 44.9 Å². The van der Waals surface area contributed by atoms with Gasteiger partial charge in [0.25, 0.3) is 0 Å². The first-order valence-electron chi connectivity index (χ1n) is 9.70. The van der Waals surface area contributed by atoms with Crippen molar-refractivity contribution in [3.63, 3.8) is 0 Å². The second kappa shape index (κ2) is 5.11. The molecule has 21 heavy (non-hydrogen) atoms. The Hall–Kier alpha value is -0.300. The molecule has 4 fully saturated rings. The number of fused-ring (bicyclic) bond motifs is 9. The van der Waals surface area contributed by atoms with Crippen molar-refractivity contribution >= 4 is 0 Å². The van der Waals surface area contributed by atoms with Crippen LogP contribution in [-0.4, -0.2) is 12.7 Å². The molecule has 0 aromatic heterocycles. The lowest BCUT2D eigenvalue weighted by Gasteiger charge is -2.36. The molecule has 0 radical (unpaired) electrons. The van der Waals surface area contributed by atoms with Gasteiger partial charge in [0.2, 0.25) is 0 Å². The quantitative estimate of drug-likeness (QED) is 0.400. The number of ether oxygens (including phenoxy) is 1. The first-order chi connectivity index (χ1) is 10.4. The van der Waals surface area contributed by atoms with Crippen LogP contribution >= 0.6 is 0 Å². The topological polar surface area (TPSA) is 9.23 Å². The lowest BCUT2D eigenvalue weighted by molar-refractivity contribution is 0.0995. The highest BCUT2D eigenvalue weighted by Gasteiger charge is 2.60. The van der Waals surface area contributed by atoms with Gasteiger partial charge in [-0.3, -0.25) is 0 Å². The summed E-state index contributed by atoms with van der Waals surface area (Å²) in [4.78, 5) is 0. The van der Waals surface area contributed by atoms with E-state index < -0.39 is 0 Å². The van der Waals surface area contributed by atoms with E-state index in [4.69, 9.17) is 4.74 Å². The van der Waals surface area contributed by atoms with Gasteiger partial charge in [0.1, 0.15) is 0 Å². The van der Waals surface area contributed by atoms with Crippen molar-refractivity contribution in [2.24, 2.45) is 41.4 Å². The summed E-state index contributed by atoms with van der Waals surface area (Å²) in [6, 6.07) is 0. The monoisotopic (exact) mass is 286 g/mol. The summed E-state index contributed by atoms with van der Waals surface area (Å²) in [5.41, 5.74) is 0. The van der Waals surface area contributed by atoms with Crippen LogP contribution in [0.1, 0.15) is 57.8 Å². The van der Waals surface area contributed by atoms with Gasteiger partial charge in [-0.05, 0) is 80.0 Å². The molecule has 0 aromatic carbocycles. The maximum atomic E-state index is 5.76. The van der Waals surface area contributed by atoms with Crippen molar-refractivity contribution in [3.05, 3.63) is 12.2 Å². The Kier molecular flexibility index (Phi) is 3.21. The summed E-state index contributed by atoms with van der Waals surface area (Å²) >= 11 is 0. The van der Waals surface area contributed by atoms with Crippen LogP contribution in [0.2, 0.25) is 0 Å². The largest absolute Gasteiger partial charge is 0.378 e. The highest BCUT2D eigenvalue weighted by molar-refractivity contribution is 5.20. The predicted molar refractivity (Wildman–Crippen MR) is 84.9 cm³/mol. The van der Waals surface area contributed by atoms with E-state index in [-0.39, 0.29) is 0 Å². The lowest BCUT2D eigenvalue weighted by atomic mass is 9.68. The van der Waals surface area contributed by atoms with Crippen molar-refractivity contribution in [1.29, 1.82) is 0 Å². The third kappa shape index (κ3) is 2.06. The average Bonchev–Trinajstić information content (AvgIpc) is 3.29. The zero-order valence-electron chi connectivity index (χ0n) is 13.3. The SMILES string of the molecule is C1=CC2CC1C1C3CC(CCCCC4CCCO4)C(C3)C21. The van der Waals surface area contributed by atoms with Crippen molar-refractivity contribution in [3.8, 4) is 0 Å². The first-order valence-corrected chi connectivity index (χ1v) is 9.70. The molecule has 3 saturated carbocycles. The Labute approximate surface area is 129 Å². The summed E-state index contributed by atoms with van der Waals surface area (Å²) < 4.78 is 5.76. The molecule has 5 aliphatic rings. The fourth-order valence-electron chi connectivity index (χ4n) is 7.14. The Bertz CT molecular complexity index is 422. The molecule has 8 unspecified atom stereocenters. The Morgan fingerprint density at radius 1 is 0.905 bits per heavy atom. The van der Waals surface area contributed by atoms with Crippen LogP contribution in [0.3, 0.4) is 0 Å². The molecule has 116 valence electrons. The molecule has 0 spiro atoms. The van der Waals surface area contributed by atoms with Gasteiger partial charge >= 0.3 is 0 Å². The Morgan fingerprint density at radius 2 is 1.76 bits per heavy atom. The summed E-state index contributed by atoms with van der Waals surface area (Å²) in [7, 11) is 0. The number of rotatable bonds is 5. The van der Waals surface area contributed by atoms with E-state index in [9.17, 15) is 0 Å². The van der Waals surface area contributed by atoms with E-state index in [1.54, 1.807) is 12.8 Å². The van der Waals surface area contributed by atoms with Crippen molar-refractivity contribution in [2.45, 2.75) is 63.9 Å². The van der Waals surface area contributed by atoms with Crippen molar-refractivity contribution in [2.75, 3.05) is 6.61 Å². The molecule has 1 saturated heterocycles. The minimum atomic E-state index is 0.616. The smallest absolute Gasteiger partial charge is 0.0576 e. The number of hydrogen-bond acceptors (Lipinski definition) is 1. The molecule has 1 nitrogen and oxygen atoms in total. The van der Waals surface area contributed by atoms with Crippen LogP contribution in [0.15, 0.2) is 12.2 Å². The molecule has 0 amide bonds. The molecular formula is C20H30O. The number of allylic oxidation sites excluding steroid dienone is 2. The third-order valence-corrected chi connectivity index (χ3v) is 7.78. The van der Waals surface area contributed by atoms with Crippen LogP contribution in [0.5, 0.6) is 0 Å². The third-order valence-electron chi connectivity index (χ3n) is 7.78. The number of hydrogen-bond donors (Lipinski definition) is 0. The van der Waals surface area contributed by atoms with Crippen LogP contribution in [0.25, 0.3) is 0 Å². The van der Waals surface area contributed by atoms with Gasteiger partial charge in [-0.1, -0.05) is 31.4 Å². The fourth-order valence-corrected chi connectivity index (χ4v) is 7.14. The maximum Gasteiger partial charge on any atom is 0.0576 e. The highest BCUT2D eigenvalue weighted by Crippen LogP contribution is 2.67. The summed E-state index contributed by atoms with van der Waals surface area (Å²) in [5, 5.41) is 0. The predicted octanol–water partition coefficient (Wildman–Crippen LogP) is 4.82. The van der Waals surface area contributed by atoms with Gasteiger partial charge in [-0.2, -0.15) is 0 Å². The van der Waals surface area contributed by atoms with E-state index >= 15 is 0 Å². The highest BCUT2D eigenvalue weighted by atomic mass is 16.5. The zero-order valence-corrected chi connectivity index (χ0v) is 13.3. The Morgan fingerprint density at radius 3 is 2.62 bits per heavy atom. The van der Waals surface area contributed by atoms with Crippen LogP contribution in [0.4, 0.5) is 0 Å². The normalized spacial score (nSPS) is 53.0. The van der Waals surface area contributed by atoms with Gasteiger partial charge in [-0.15, -0.1) is 0 Å². The molecule has 5 rings (SSSR count).